The van der Waals surface area contributed by atoms with Gasteiger partial charge in [-0.2, -0.15) is 4.98 Å². The van der Waals surface area contributed by atoms with E-state index in [4.69, 9.17) is 16.3 Å². The second-order valence-electron chi connectivity index (χ2n) is 6.59. The third-order valence-corrected chi connectivity index (χ3v) is 5.19. The van der Waals surface area contributed by atoms with Crippen molar-refractivity contribution in [3.63, 3.8) is 0 Å². The normalized spacial score (nSPS) is 14.6. The predicted octanol–water partition coefficient (Wildman–Crippen LogP) is 4.14. The molecule has 0 radical (unpaired) electrons. The molecule has 0 unspecified atom stereocenters. The molecule has 2 aromatic heterocycles. The second-order valence-corrected chi connectivity index (χ2v) is 7.00. The number of aromatic nitrogens is 3. The molecule has 1 saturated heterocycles. The number of halogens is 2. The van der Waals surface area contributed by atoms with Crippen molar-refractivity contribution < 1.29 is 4.74 Å². The monoisotopic (exact) mass is 420 g/mol. The fraction of sp³-hybridized carbons (Fsp3) is 0.350. The van der Waals surface area contributed by atoms with Gasteiger partial charge in [-0.05, 0) is 31.9 Å². The summed E-state index contributed by atoms with van der Waals surface area (Å²) < 4.78 is 7.06. The lowest BCUT2D eigenvalue weighted by Crippen LogP contribution is -2.29. The van der Waals surface area contributed by atoms with Crippen LogP contribution in [-0.4, -0.2) is 33.8 Å². The Morgan fingerprint density at radius 2 is 2.00 bits per heavy atom. The molecule has 3 aromatic rings. The molecule has 8 heteroatoms. The molecule has 1 aromatic carbocycles. The van der Waals surface area contributed by atoms with Crippen molar-refractivity contribution >= 4 is 41.0 Å². The van der Waals surface area contributed by atoms with Crippen LogP contribution in [-0.2, 0) is 11.3 Å². The van der Waals surface area contributed by atoms with E-state index in [1.54, 1.807) is 16.8 Å². The number of pyridine rings is 1. The van der Waals surface area contributed by atoms with Gasteiger partial charge in [0.05, 0.1) is 0 Å². The number of hydrogen-bond acceptors (Lipinski definition) is 5. The summed E-state index contributed by atoms with van der Waals surface area (Å²) in [6.45, 7) is 3.93. The highest BCUT2D eigenvalue weighted by atomic mass is 35.5. The predicted molar refractivity (Wildman–Crippen MR) is 115 cm³/mol. The number of rotatable bonds is 4. The molecular weight excluding hydrogens is 399 g/mol. The quantitative estimate of drug-likeness (QED) is 0.686. The summed E-state index contributed by atoms with van der Waals surface area (Å²) in [6, 6.07) is 9.48. The molecule has 3 heterocycles. The molecule has 0 saturated carbocycles. The van der Waals surface area contributed by atoms with Crippen LogP contribution in [0.2, 0.25) is 5.02 Å². The summed E-state index contributed by atoms with van der Waals surface area (Å²) >= 11 is 6.31. The minimum atomic E-state index is -0.103. The van der Waals surface area contributed by atoms with Gasteiger partial charge in [-0.1, -0.05) is 29.8 Å². The van der Waals surface area contributed by atoms with E-state index in [9.17, 15) is 4.79 Å². The van der Waals surface area contributed by atoms with E-state index in [1.165, 1.54) is 0 Å². The van der Waals surface area contributed by atoms with Crippen LogP contribution < -0.4 is 10.9 Å². The highest BCUT2D eigenvalue weighted by molar-refractivity contribution is 6.33. The molecule has 0 atom stereocenters. The van der Waals surface area contributed by atoms with E-state index in [1.807, 2.05) is 31.2 Å². The van der Waals surface area contributed by atoms with Gasteiger partial charge >= 0.3 is 0 Å². The number of benzene rings is 1. The topological polar surface area (TPSA) is 69.0 Å². The van der Waals surface area contributed by atoms with Crippen molar-refractivity contribution in [2.45, 2.75) is 32.4 Å². The Kier molecular flexibility index (Phi) is 6.54. The number of ether oxygens (including phenoxy) is 1. The van der Waals surface area contributed by atoms with Gasteiger partial charge in [0, 0.05) is 53.5 Å². The zero-order valence-corrected chi connectivity index (χ0v) is 17.1. The summed E-state index contributed by atoms with van der Waals surface area (Å²) in [6.07, 6.45) is 3.61. The Bertz CT molecular complexity index is 1030. The molecular formula is C20H22Cl2N4O2. The Morgan fingerprint density at radius 1 is 1.25 bits per heavy atom. The van der Waals surface area contributed by atoms with Gasteiger partial charge in [0.2, 0.25) is 5.95 Å². The van der Waals surface area contributed by atoms with Crippen molar-refractivity contribution in [3.05, 3.63) is 51.9 Å². The number of nitrogens with zero attached hydrogens (tertiary/aromatic N) is 3. The number of nitrogens with one attached hydrogen (secondary N) is 1. The van der Waals surface area contributed by atoms with E-state index < -0.39 is 0 Å². The third-order valence-electron chi connectivity index (χ3n) is 4.86. The van der Waals surface area contributed by atoms with Gasteiger partial charge in [-0.3, -0.25) is 9.36 Å². The molecule has 1 N–H and O–H groups in total. The zero-order valence-electron chi connectivity index (χ0n) is 15.5. The lowest BCUT2D eigenvalue weighted by Gasteiger charge is -2.23. The SMILES string of the molecule is CCn1c(=O)c(-c2ccccc2Cl)cc2cnc(NC3CCOCC3)nc21.Cl. The average Bonchev–Trinajstić information content (AvgIpc) is 2.69. The van der Waals surface area contributed by atoms with Crippen LogP contribution in [0.25, 0.3) is 22.2 Å². The van der Waals surface area contributed by atoms with Gasteiger partial charge in [-0.15, -0.1) is 12.4 Å². The van der Waals surface area contributed by atoms with Crippen LogP contribution in [0.4, 0.5) is 5.95 Å². The summed E-state index contributed by atoms with van der Waals surface area (Å²) in [7, 11) is 0. The van der Waals surface area contributed by atoms with Crippen LogP contribution in [0.3, 0.4) is 0 Å². The largest absolute Gasteiger partial charge is 0.381 e. The molecule has 148 valence electrons. The van der Waals surface area contributed by atoms with Gasteiger partial charge < -0.3 is 10.1 Å². The summed E-state index contributed by atoms with van der Waals surface area (Å²) in [5, 5.41) is 4.72. The molecule has 4 rings (SSSR count). The first kappa shape index (κ1) is 20.6. The zero-order chi connectivity index (χ0) is 18.8. The maximum Gasteiger partial charge on any atom is 0.260 e. The van der Waals surface area contributed by atoms with Crippen molar-refractivity contribution in [3.8, 4) is 11.1 Å². The molecule has 0 aliphatic carbocycles. The molecule has 6 nitrogen and oxygen atoms in total. The molecule has 1 aliphatic rings. The minimum absolute atomic E-state index is 0. The van der Waals surface area contributed by atoms with Gasteiger partial charge in [0.25, 0.3) is 5.56 Å². The summed E-state index contributed by atoms with van der Waals surface area (Å²) in [4.78, 5) is 22.2. The summed E-state index contributed by atoms with van der Waals surface area (Å²) in [5.41, 5.74) is 1.80. The highest BCUT2D eigenvalue weighted by Crippen LogP contribution is 2.27. The highest BCUT2D eigenvalue weighted by Gasteiger charge is 2.17. The van der Waals surface area contributed by atoms with E-state index >= 15 is 0 Å². The smallest absolute Gasteiger partial charge is 0.260 e. The van der Waals surface area contributed by atoms with Gasteiger partial charge in [-0.25, -0.2) is 4.98 Å². The van der Waals surface area contributed by atoms with E-state index in [-0.39, 0.29) is 18.0 Å². The van der Waals surface area contributed by atoms with Gasteiger partial charge in [0.15, 0.2) is 0 Å². The number of anilines is 1. The maximum atomic E-state index is 13.1. The molecule has 0 amide bonds. The summed E-state index contributed by atoms with van der Waals surface area (Å²) in [5.74, 6) is 0.543. The Hall–Kier alpha value is -2.15. The molecule has 0 spiro atoms. The first-order valence-corrected chi connectivity index (χ1v) is 9.55. The van der Waals surface area contributed by atoms with Crippen molar-refractivity contribution in [2.24, 2.45) is 0 Å². The van der Waals surface area contributed by atoms with Crippen LogP contribution in [0.5, 0.6) is 0 Å². The van der Waals surface area contributed by atoms with E-state index in [2.05, 4.69) is 15.3 Å². The van der Waals surface area contributed by atoms with Crippen LogP contribution in [0.15, 0.2) is 41.3 Å². The Labute approximate surface area is 174 Å². The number of aryl methyl sites for hydroxylation is 1. The molecule has 0 bridgehead atoms. The fourth-order valence-electron chi connectivity index (χ4n) is 3.42. The van der Waals surface area contributed by atoms with Crippen molar-refractivity contribution in [1.29, 1.82) is 0 Å². The van der Waals surface area contributed by atoms with Crippen molar-refractivity contribution in [2.75, 3.05) is 18.5 Å². The first-order valence-electron chi connectivity index (χ1n) is 9.17. The molecule has 1 aliphatic heterocycles. The second kappa shape index (κ2) is 8.90. The molecule has 28 heavy (non-hydrogen) atoms. The lowest BCUT2D eigenvalue weighted by molar-refractivity contribution is 0.0903. The number of hydrogen-bond donors (Lipinski definition) is 1. The Morgan fingerprint density at radius 3 is 2.71 bits per heavy atom. The standard InChI is InChI=1S/C20H21ClN4O2.ClH/c1-2-25-18-13(11-16(19(25)26)15-5-3-4-6-17(15)21)12-22-20(24-18)23-14-7-9-27-10-8-14;/h3-6,11-12,14H,2,7-10H2,1H3,(H,22,23,24);1H. The van der Waals surface area contributed by atoms with E-state index in [0.717, 1.165) is 37.0 Å². The number of fused-ring (bicyclic) bond motifs is 1. The van der Waals surface area contributed by atoms with Gasteiger partial charge in [0.1, 0.15) is 5.65 Å². The first-order chi connectivity index (χ1) is 13.2. The fourth-order valence-corrected chi connectivity index (χ4v) is 3.66. The average molecular weight is 421 g/mol. The van der Waals surface area contributed by atoms with Crippen molar-refractivity contribution in [1.82, 2.24) is 14.5 Å². The Balaban J connectivity index is 0.00000225. The van der Waals surface area contributed by atoms with Crippen LogP contribution in [0, 0.1) is 0 Å². The maximum absolute atomic E-state index is 13.1. The van der Waals surface area contributed by atoms with Crippen LogP contribution >= 0.6 is 24.0 Å². The minimum Gasteiger partial charge on any atom is -0.381 e. The van der Waals surface area contributed by atoms with Crippen LogP contribution in [0.1, 0.15) is 19.8 Å². The molecule has 1 fully saturated rings. The lowest BCUT2D eigenvalue weighted by atomic mass is 10.1. The van der Waals surface area contributed by atoms with E-state index in [0.29, 0.717) is 34.8 Å². The third kappa shape index (κ3) is 3.99.